The lowest BCUT2D eigenvalue weighted by Crippen LogP contribution is -1.91. The van der Waals surface area contributed by atoms with Crippen molar-refractivity contribution in [2.45, 2.75) is 18.8 Å². The molecule has 2 heterocycles. The minimum atomic E-state index is 0.548. The molecule has 0 radical (unpaired) electrons. The Morgan fingerprint density at radius 1 is 1.20 bits per heavy atom. The van der Waals surface area contributed by atoms with E-state index in [4.69, 9.17) is 11.6 Å². The molecular weight excluding hydrogens is 276 g/mol. The Kier molecular flexibility index (Phi) is 2.56. The minimum absolute atomic E-state index is 0.548. The smallest absolute Gasteiger partial charge is 0.182 e. The molecule has 1 saturated carbocycles. The zero-order valence-electron chi connectivity index (χ0n) is 10.5. The Labute approximate surface area is 119 Å². The third-order valence-electron chi connectivity index (χ3n) is 3.38. The van der Waals surface area contributed by atoms with Crippen LogP contribution in [-0.2, 0) is 0 Å². The lowest BCUT2D eigenvalue weighted by atomic mass is 10.2. The second-order valence-corrected chi connectivity index (χ2v) is 5.26. The molecule has 1 aliphatic rings. The van der Waals surface area contributed by atoms with Gasteiger partial charge in [-0.25, -0.2) is 4.98 Å². The molecule has 0 amide bonds. The van der Waals surface area contributed by atoms with Crippen molar-refractivity contribution in [1.82, 2.24) is 29.9 Å². The molecule has 7 heteroatoms. The van der Waals surface area contributed by atoms with Crippen molar-refractivity contribution in [3.63, 3.8) is 0 Å². The van der Waals surface area contributed by atoms with Gasteiger partial charge in [0.2, 0.25) is 0 Å². The molecule has 0 spiro atoms. The van der Waals surface area contributed by atoms with E-state index in [0.717, 1.165) is 17.1 Å². The lowest BCUT2D eigenvalue weighted by molar-refractivity contribution is 0.935. The van der Waals surface area contributed by atoms with Crippen LogP contribution < -0.4 is 0 Å². The highest BCUT2D eigenvalue weighted by molar-refractivity contribution is 6.33. The average Bonchev–Trinajstić information content (AvgIpc) is 2.98. The molecule has 20 heavy (non-hydrogen) atoms. The maximum atomic E-state index is 6.34. The summed E-state index contributed by atoms with van der Waals surface area (Å²) in [5.41, 5.74) is 1.73. The van der Waals surface area contributed by atoms with Gasteiger partial charge in [0.25, 0.3) is 0 Å². The van der Waals surface area contributed by atoms with Crippen LogP contribution in [0, 0.1) is 0 Å². The molecule has 1 aliphatic carbocycles. The van der Waals surface area contributed by atoms with Crippen molar-refractivity contribution in [1.29, 1.82) is 0 Å². The summed E-state index contributed by atoms with van der Waals surface area (Å²) in [5.74, 6) is 2.15. The Balaban J connectivity index is 1.71. The van der Waals surface area contributed by atoms with E-state index in [0.29, 0.717) is 16.8 Å². The third-order valence-corrected chi connectivity index (χ3v) is 3.69. The Morgan fingerprint density at radius 3 is 2.70 bits per heavy atom. The van der Waals surface area contributed by atoms with E-state index in [1.54, 1.807) is 17.2 Å². The molecule has 0 saturated heterocycles. The van der Waals surface area contributed by atoms with Crippen LogP contribution in [-0.4, -0.2) is 29.9 Å². The van der Waals surface area contributed by atoms with E-state index in [2.05, 4.69) is 25.4 Å². The second kappa shape index (κ2) is 4.42. The Morgan fingerprint density at radius 2 is 2.00 bits per heavy atom. The van der Waals surface area contributed by atoms with Gasteiger partial charge >= 0.3 is 0 Å². The summed E-state index contributed by atoms with van der Waals surface area (Å²) in [7, 11) is 0. The van der Waals surface area contributed by atoms with Gasteiger partial charge in [0.15, 0.2) is 5.82 Å². The molecule has 1 N–H and O–H groups in total. The van der Waals surface area contributed by atoms with E-state index < -0.39 is 0 Å². The summed E-state index contributed by atoms with van der Waals surface area (Å²) in [6, 6.07) is 5.71. The number of H-pyrrole nitrogens is 1. The predicted molar refractivity (Wildman–Crippen MR) is 73.7 cm³/mol. The molecule has 4 rings (SSSR count). The number of hydrogen-bond donors (Lipinski definition) is 1. The topological polar surface area (TPSA) is 72.3 Å². The van der Waals surface area contributed by atoms with Gasteiger partial charge in [0.05, 0.1) is 5.02 Å². The first-order valence-corrected chi connectivity index (χ1v) is 6.76. The normalized spacial score (nSPS) is 14.7. The van der Waals surface area contributed by atoms with E-state index in [-0.39, 0.29) is 0 Å². The molecule has 2 aromatic heterocycles. The monoisotopic (exact) mass is 286 g/mol. The standard InChI is InChI=1S/C13H11ClN6/c14-11-5-9(20-6-15-16-7-20)3-4-10(11)13-17-12(18-19-13)8-1-2-8/h3-8H,1-2H2,(H,17,18,19). The molecule has 100 valence electrons. The van der Waals surface area contributed by atoms with Gasteiger partial charge in [-0.3, -0.25) is 9.67 Å². The summed E-state index contributed by atoms with van der Waals surface area (Å²) in [5, 5.41) is 15.4. The Bertz CT molecular complexity index is 744. The van der Waals surface area contributed by atoms with Crippen LogP contribution in [0.3, 0.4) is 0 Å². The quantitative estimate of drug-likeness (QED) is 0.803. The van der Waals surface area contributed by atoms with Gasteiger partial charge in [-0.1, -0.05) is 11.6 Å². The average molecular weight is 287 g/mol. The van der Waals surface area contributed by atoms with E-state index >= 15 is 0 Å². The molecule has 1 aromatic carbocycles. The van der Waals surface area contributed by atoms with Crippen LogP contribution in [0.15, 0.2) is 30.9 Å². The number of benzene rings is 1. The fourth-order valence-electron chi connectivity index (χ4n) is 2.11. The SMILES string of the molecule is Clc1cc(-n2cnnc2)ccc1-c1n[nH]c(C2CC2)n1. The summed E-state index contributed by atoms with van der Waals surface area (Å²) >= 11 is 6.34. The molecular formula is C13H11ClN6. The van der Waals surface area contributed by atoms with Crippen molar-refractivity contribution in [2.24, 2.45) is 0 Å². The van der Waals surface area contributed by atoms with Gasteiger partial charge in [0.1, 0.15) is 18.5 Å². The fraction of sp³-hybridized carbons (Fsp3) is 0.231. The summed E-state index contributed by atoms with van der Waals surface area (Å²) in [6.45, 7) is 0. The molecule has 0 bridgehead atoms. The lowest BCUT2D eigenvalue weighted by Gasteiger charge is -2.04. The van der Waals surface area contributed by atoms with Crippen LogP contribution in [0.25, 0.3) is 17.1 Å². The largest absolute Gasteiger partial charge is 0.288 e. The maximum absolute atomic E-state index is 6.34. The van der Waals surface area contributed by atoms with Crippen LogP contribution in [0.2, 0.25) is 5.02 Å². The fourth-order valence-corrected chi connectivity index (χ4v) is 2.37. The predicted octanol–water partition coefficient (Wildman–Crippen LogP) is 2.58. The van der Waals surface area contributed by atoms with Crippen LogP contribution in [0.1, 0.15) is 24.6 Å². The van der Waals surface area contributed by atoms with Crippen molar-refractivity contribution < 1.29 is 0 Å². The van der Waals surface area contributed by atoms with E-state index in [1.165, 1.54) is 12.8 Å². The van der Waals surface area contributed by atoms with Gasteiger partial charge in [0, 0.05) is 17.2 Å². The van der Waals surface area contributed by atoms with Gasteiger partial charge < -0.3 is 0 Å². The number of halogens is 1. The number of aromatic nitrogens is 6. The van der Waals surface area contributed by atoms with Gasteiger partial charge in [-0.2, -0.15) is 5.10 Å². The first kappa shape index (κ1) is 11.6. The molecule has 0 atom stereocenters. The van der Waals surface area contributed by atoms with Gasteiger partial charge in [-0.05, 0) is 31.0 Å². The molecule has 0 aliphatic heterocycles. The number of nitrogens with zero attached hydrogens (tertiary/aromatic N) is 5. The van der Waals surface area contributed by atoms with Gasteiger partial charge in [-0.15, -0.1) is 10.2 Å². The third kappa shape index (κ3) is 1.98. The van der Waals surface area contributed by atoms with Crippen LogP contribution in [0.4, 0.5) is 0 Å². The maximum Gasteiger partial charge on any atom is 0.182 e. The second-order valence-electron chi connectivity index (χ2n) is 4.85. The molecule has 0 unspecified atom stereocenters. The first-order valence-electron chi connectivity index (χ1n) is 6.38. The number of hydrogen-bond acceptors (Lipinski definition) is 4. The number of aromatic amines is 1. The highest BCUT2D eigenvalue weighted by Crippen LogP contribution is 2.38. The molecule has 3 aromatic rings. The summed E-state index contributed by atoms with van der Waals surface area (Å²) in [4.78, 5) is 4.51. The number of rotatable bonds is 3. The summed E-state index contributed by atoms with van der Waals surface area (Å²) in [6.07, 6.45) is 5.64. The zero-order chi connectivity index (χ0) is 13.5. The van der Waals surface area contributed by atoms with Crippen molar-refractivity contribution in [2.75, 3.05) is 0 Å². The number of nitrogens with one attached hydrogen (secondary N) is 1. The summed E-state index contributed by atoms with van der Waals surface area (Å²) < 4.78 is 1.79. The highest BCUT2D eigenvalue weighted by atomic mass is 35.5. The van der Waals surface area contributed by atoms with Crippen molar-refractivity contribution in [3.8, 4) is 17.1 Å². The minimum Gasteiger partial charge on any atom is -0.288 e. The first-order chi connectivity index (χ1) is 9.81. The van der Waals surface area contributed by atoms with Crippen LogP contribution >= 0.6 is 11.6 Å². The van der Waals surface area contributed by atoms with Crippen LogP contribution in [0.5, 0.6) is 0 Å². The molecule has 6 nitrogen and oxygen atoms in total. The van der Waals surface area contributed by atoms with E-state index in [9.17, 15) is 0 Å². The highest BCUT2D eigenvalue weighted by Gasteiger charge is 2.27. The Hall–Kier alpha value is -2.21. The molecule has 1 fully saturated rings. The van der Waals surface area contributed by atoms with Crippen molar-refractivity contribution in [3.05, 3.63) is 41.7 Å². The zero-order valence-corrected chi connectivity index (χ0v) is 11.2. The van der Waals surface area contributed by atoms with E-state index in [1.807, 2.05) is 18.2 Å². The van der Waals surface area contributed by atoms with Crippen molar-refractivity contribution >= 4 is 11.6 Å².